The molecular formula is C12H12BrF3N4. The Kier molecular flexibility index (Phi) is 4.17. The van der Waals surface area contributed by atoms with Crippen molar-refractivity contribution in [3.05, 3.63) is 51.8 Å². The Hall–Kier alpha value is -1.38. The maximum atomic E-state index is 12.5. The summed E-state index contributed by atoms with van der Waals surface area (Å²) in [6, 6.07) is 4.40. The van der Waals surface area contributed by atoms with Gasteiger partial charge in [-0.15, -0.1) is 0 Å². The molecule has 0 aliphatic carbocycles. The standard InChI is InChI=1S/C12H12BrF3N4/c1-20-11(9(13)6-18-20)10(19-17)7-2-4-8(5-3-7)12(14,15)16/h2-6,10,19H,17H2,1H3. The summed E-state index contributed by atoms with van der Waals surface area (Å²) in [7, 11) is 1.73. The molecule has 1 aromatic carbocycles. The number of aromatic nitrogens is 2. The van der Waals surface area contributed by atoms with E-state index in [1.165, 1.54) is 12.1 Å². The molecule has 2 aromatic rings. The Morgan fingerprint density at radius 2 is 1.90 bits per heavy atom. The molecular weight excluding hydrogens is 337 g/mol. The number of hydrazine groups is 1. The van der Waals surface area contributed by atoms with Crippen LogP contribution in [0.15, 0.2) is 34.9 Å². The predicted molar refractivity (Wildman–Crippen MR) is 71.5 cm³/mol. The first-order valence-electron chi connectivity index (χ1n) is 5.65. The Labute approximate surface area is 121 Å². The molecule has 8 heteroatoms. The molecule has 1 unspecified atom stereocenters. The molecule has 0 amide bonds. The first kappa shape index (κ1) is 15.0. The second-order valence-corrected chi connectivity index (χ2v) is 5.08. The van der Waals surface area contributed by atoms with Gasteiger partial charge >= 0.3 is 6.18 Å². The summed E-state index contributed by atoms with van der Waals surface area (Å²) in [5.41, 5.74) is 3.24. The maximum absolute atomic E-state index is 12.5. The lowest BCUT2D eigenvalue weighted by molar-refractivity contribution is -0.137. The number of halogens is 4. The van der Waals surface area contributed by atoms with Crippen LogP contribution in [0.2, 0.25) is 0 Å². The highest BCUT2D eigenvalue weighted by Crippen LogP contribution is 2.32. The Morgan fingerprint density at radius 1 is 1.30 bits per heavy atom. The monoisotopic (exact) mass is 348 g/mol. The first-order chi connectivity index (χ1) is 9.34. The fourth-order valence-corrected chi connectivity index (χ4v) is 2.52. The Balaban J connectivity index is 2.38. The lowest BCUT2D eigenvalue weighted by atomic mass is 10.0. The summed E-state index contributed by atoms with van der Waals surface area (Å²) in [5, 5.41) is 4.06. The molecule has 108 valence electrons. The molecule has 0 saturated carbocycles. The number of nitrogens with two attached hydrogens (primary N) is 1. The molecule has 0 aliphatic rings. The topological polar surface area (TPSA) is 55.9 Å². The van der Waals surface area contributed by atoms with Gasteiger partial charge in [0.1, 0.15) is 0 Å². The van der Waals surface area contributed by atoms with E-state index in [0.29, 0.717) is 5.56 Å². The van der Waals surface area contributed by atoms with Crippen molar-refractivity contribution in [1.29, 1.82) is 0 Å². The summed E-state index contributed by atoms with van der Waals surface area (Å²) < 4.78 is 40.0. The van der Waals surface area contributed by atoms with Gasteiger partial charge in [-0.2, -0.15) is 18.3 Å². The number of nitrogens with zero attached hydrogens (tertiary/aromatic N) is 2. The molecule has 1 atom stereocenters. The van der Waals surface area contributed by atoms with Crippen LogP contribution in [0, 0.1) is 0 Å². The van der Waals surface area contributed by atoms with Crippen LogP contribution in [0.3, 0.4) is 0 Å². The van der Waals surface area contributed by atoms with Gasteiger partial charge in [0.05, 0.1) is 28.0 Å². The van der Waals surface area contributed by atoms with Gasteiger partial charge in [0.25, 0.3) is 0 Å². The third-order valence-electron chi connectivity index (χ3n) is 2.95. The fourth-order valence-electron chi connectivity index (χ4n) is 1.94. The van der Waals surface area contributed by atoms with E-state index < -0.39 is 17.8 Å². The van der Waals surface area contributed by atoms with E-state index in [2.05, 4.69) is 26.5 Å². The number of nitrogens with one attached hydrogen (secondary N) is 1. The van der Waals surface area contributed by atoms with Gasteiger partial charge in [0.2, 0.25) is 0 Å². The van der Waals surface area contributed by atoms with Gasteiger partial charge in [-0.1, -0.05) is 12.1 Å². The first-order valence-corrected chi connectivity index (χ1v) is 6.44. The van der Waals surface area contributed by atoms with Gasteiger partial charge in [-0.05, 0) is 33.6 Å². The Bertz CT molecular complexity index is 572. The smallest absolute Gasteiger partial charge is 0.271 e. The minimum Gasteiger partial charge on any atom is -0.271 e. The highest BCUT2D eigenvalue weighted by atomic mass is 79.9. The van der Waals surface area contributed by atoms with Crippen molar-refractivity contribution in [2.75, 3.05) is 0 Å². The summed E-state index contributed by atoms with van der Waals surface area (Å²) in [4.78, 5) is 0. The van der Waals surface area contributed by atoms with Crippen LogP contribution in [-0.4, -0.2) is 9.78 Å². The molecule has 1 aromatic heterocycles. The highest BCUT2D eigenvalue weighted by molar-refractivity contribution is 9.10. The fraction of sp³-hybridized carbons (Fsp3) is 0.250. The molecule has 0 spiro atoms. The zero-order valence-corrected chi connectivity index (χ0v) is 12.0. The van der Waals surface area contributed by atoms with Crippen LogP contribution in [0.1, 0.15) is 22.9 Å². The van der Waals surface area contributed by atoms with Crippen LogP contribution < -0.4 is 11.3 Å². The number of aryl methyl sites for hydroxylation is 1. The average Bonchev–Trinajstić information content (AvgIpc) is 2.71. The molecule has 0 saturated heterocycles. The van der Waals surface area contributed by atoms with Crippen molar-refractivity contribution < 1.29 is 13.2 Å². The summed E-state index contributed by atoms with van der Waals surface area (Å²) in [6.07, 6.45) is -2.75. The van der Waals surface area contributed by atoms with Gasteiger partial charge in [0, 0.05) is 7.05 Å². The number of rotatable bonds is 3. The predicted octanol–water partition coefficient (Wildman–Crippen LogP) is 2.75. The van der Waals surface area contributed by atoms with Crippen molar-refractivity contribution in [2.45, 2.75) is 12.2 Å². The summed E-state index contributed by atoms with van der Waals surface area (Å²) >= 11 is 3.34. The SMILES string of the molecule is Cn1ncc(Br)c1C(NN)c1ccc(C(F)(F)F)cc1. The van der Waals surface area contributed by atoms with Gasteiger partial charge in [-0.3, -0.25) is 10.5 Å². The van der Waals surface area contributed by atoms with E-state index in [-0.39, 0.29) is 0 Å². The molecule has 2 rings (SSSR count). The van der Waals surface area contributed by atoms with Crippen LogP contribution in [0.5, 0.6) is 0 Å². The van der Waals surface area contributed by atoms with Crippen molar-refractivity contribution in [1.82, 2.24) is 15.2 Å². The Morgan fingerprint density at radius 3 is 2.30 bits per heavy atom. The molecule has 0 radical (unpaired) electrons. The maximum Gasteiger partial charge on any atom is 0.416 e. The second-order valence-electron chi connectivity index (χ2n) is 4.22. The van der Waals surface area contributed by atoms with Crippen LogP contribution in [-0.2, 0) is 13.2 Å². The summed E-state index contributed by atoms with van der Waals surface area (Å²) in [5.74, 6) is 5.52. The molecule has 0 bridgehead atoms. The molecule has 0 fully saturated rings. The molecule has 20 heavy (non-hydrogen) atoms. The van der Waals surface area contributed by atoms with Crippen LogP contribution in [0.4, 0.5) is 13.2 Å². The lowest BCUT2D eigenvalue weighted by Gasteiger charge is -2.18. The van der Waals surface area contributed by atoms with Crippen LogP contribution >= 0.6 is 15.9 Å². The van der Waals surface area contributed by atoms with Crippen molar-refractivity contribution in [2.24, 2.45) is 12.9 Å². The minimum atomic E-state index is -4.35. The van der Waals surface area contributed by atoms with Gasteiger partial charge in [0.15, 0.2) is 0 Å². The normalized spacial score (nSPS) is 13.5. The van der Waals surface area contributed by atoms with E-state index in [4.69, 9.17) is 5.84 Å². The zero-order valence-electron chi connectivity index (χ0n) is 10.4. The summed E-state index contributed by atoms with van der Waals surface area (Å²) in [6.45, 7) is 0. The van der Waals surface area contributed by atoms with E-state index in [1.807, 2.05) is 0 Å². The number of alkyl halides is 3. The van der Waals surface area contributed by atoms with Crippen LogP contribution in [0.25, 0.3) is 0 Å². The third kappa shape index (κ3) is 2.87. The van der Waals surface area contributed by atoms with Crippen molar-refractivity contribution >= 4 is 15.9 Å². The number of benzene rings is 1. The van der Waals surface area contributed by atoms with Gasteiger partial charge < -0.3 is 0 Å². The molecule has 1 heterocycles. The van der Waals surface area contributed by atoms with E-state index in [0.717, 1.165) is 22.3 Å². The largest absolute Gasteiger partial charge is 0.416 e. The quantitative estimate of drug-likeness (QED) is 0.662. The number of hydrogen-bond donors (Lipinski definition) is 2. The van der Waals surface area contributed by atoms with E-state index >= 15 is 0 Å². The third-order valence-corrected chi connectivity index (χ3v) is 3.56. The van der Waals surface area contributed by atoms with E-state index in [1.54, 1.807) is 17.9 Å². The van der Waals surface area contributed by atoms with Crippen molar-refractivity contribution in [3.8, 4) is 0 Å². The van der Waals surface area contributed by atoms with Gasteiger partial charge in [-0.25, -0.2) is 5.43 Å². The molecule has 0 aliphatic heterocycles. The highest BCUT2D eigenvalue weighted by Gasteiger charge is 2.30. The second kappa shape index (κ2) is 5.55. The van der Waals surface area contributed by atoms with Crippen molar-refractivity contribution in [3.63, 3.8) is 0 Å². The van der Waals surface area contributed by atoms with E-state index in [9.17, 15) is 13.2 Å². The zero-order chi connectivity index (χ0) is 14.9. The molecule has 3 N–H and O–H groups in total. The molecule has 4 nitrogen and oxygen atoms in total. The minimum absolute atomic E-state index is 0.459. The number of hydrogen-bond acceptors (Lipinski definition) is 3. The average molecular weight is 349 g/mol. The lowest BCUT2D eigenvalue weighted by Crippen LogP contribution is -2.30.